The Bertz CT molecular complexity index is 1460. The van der Waals surface area contributed by atoms with Gasteiger partial charge in [0.05, 0.1) is 11.2 Å². The van der Waals surface area contributed by atoms with E-state index in [0.29, 0.717) is 27.3 Å². The Morgan fingerprint density at radius 2 is 1.64 bits per heavy atom. The number of halogens is 3. The van der Waals surface area contributed by atoms with E-state index in [1.807, 2.05) is 42.5 Å². The highest BCUT2D eigenvalue weighted by molar-refractivity contribution is 6.35. The van der Waals surface area contributed by atoms with E-state index in [2.05, 4.69) is 15.8 Å². The molecule has 0 unspecified atom stereocenters. The molecule has 0 saturated heterocycles. The average molecular weight is 585 g/mol. The Kier molecular flexibility index (Phi) is 9.65. The van der Waals surface area contributed by atoms with Crippen LogP contribution in [0.4, 0.5) is 0 Å². The van der Waals surface area contributed by atoms with Gasteiger partial charge in [0, 0.05) is 22.0 Å². The van der Waals surface area contributed by atoms with E-state index in [4.69, 9.17) is 44.0 Å². The highest BCUT2D eigenvalue weighted by atomic mass is 35.5. The average Bonchev–Trinajstić information content (AvgIpc) is 3.39. The highest BCUT2D eigenvalue weighted by Crippen LogP contribution is 2.28. The predicted octanol–water partition coefficient (Wildman–Crippen LogP) is 6.55. The van der Waals surface area contributed by atoms with Crippen molar-refractivity contribution in [3.8, 4) is 17.1 Å². The van der Waals surface area contributed by atoms with Crippen LogP contribution in [0.5, 0.6) is 5.75 Å². The summed E-state index contributed by atoms with van der Waals surface area (Å²) >= 11 is 18.0. The van der Waals surface area contributed by atoms with Gasteiger partial charge in [0.15, 0.2) is 6.10 Å². The van der Waals surface area contributed by atoms with Gasteiger partial charge in [0.1, 0.15) is 23.3 Å². The van der Waals surface area contributed by atoms with E-state index in [1.54, 1.807) is 43.3 Å². The maximum absolute atomic E-state index is 13.0. The summed E-state index contributed by atoms with van der Waals surface area (Å²) in [5.74, 6) is 0.354. The third-order valence-electron chi connectivity index (χ3n) is 5.60. The molecule has 4 aromatic rings. The molecule has 0 aliphatic rings. The van der Waals surface area contributed by atoms with Gasteiger partial charge in [-0.05, 0) is 67.1 Å². The molecule has 1 heterocycles. The zero-order valence-corrected chi connectivity index (χ0v) is 23.0. The summed E-state index contributed by atoms with van der Waals surface area (Å²) in [6.45, 7) is 1.56. The summed E-state index contributed by atoms with van der Waals surface area (Å²) in [5.41, 5.74) is 4.19. The van der Waals surface area contributed by atoms with Gasteiger partial charge in [0.2, 0.25) is 0 Å². The second-order valence-electron chi connectivity index (χ2n) is 8.53. The monoisotopic (exact) mass is 583 g/mol. The van der Waals surface area contributed by atoms with Crippen LogP contribution in [0.1, 0.15) is 18.2 Å². The molecule has 3 aromatic carbocycles. The summed E-state index contributed by atoms with van der Waals surface area (Å²) < 4.78 is 11.5. The summed E-state index contributed by atoms with van der Waals surface area (Å²) in [7, 11) is 0. The number of hydrogen-bond acceptors (Lipinski definition) is 5. The molecule has 0 fully saturated rings. The van der Waals surface area contributed by atoms with E-state index >= 15 is 0 Å². The summed E-state index contributed by atoms with van der Waals surface area (Å²) in [4.78, 5) is 26.0. The molecular formula is C29H24Cl3N3O4. The van der Waals surface area contributed by atoms with Crippen LogP contribution in [0.3, 0.4) is 0 Å². The first-order valence-electron chi connectivity index (χ1n) is 11.9. The molecule has 4 rings (SSSR count). The molecule has 0 saturated carbocycles. The SMILES string of the molecule is C[C@@H](Oc1ccc(Cl)cc1Cl)C(=O)N[C@@H](Cc1ccccc1)C(=O)N/N=C\c1ccc(-c2ccc(Cl)cc2)o1. The van der Waals surface area contributed by atoms with Crippen molar-refractivity contribution in [3.05, 3.63) is 111 Å². The largest absolute Gasteiger partial charge is 0.479 e. The number of hydrazone groups is 1. The molecule has 2 atom stereocenters. The normalized spacial score (nSPS) is 12.6. The minimum absolute atomic E-state index is 0.240. The van der Waals surface area contributed by atoms with Crippen molar-refractivity contribution >= 4 is 52.8 Å². The van der Waals surface area contributed by atoms with Gasteiger partial charge < -0.3 is 14.5 Å². The van der Waals surface area contributed by atoms with Crippen molar-refractivity contribution in [2.45, 2.75) is 25.5 Å². The summed E-state index contributed by atoms with van der Waals surface area (Å²) in [6.07, 6.45) is 0.684. The first kappa shape index (κ1) is 28.2. The number of amides is 2. The van der Waals surface area contributed by atoms with E-state index < -0.39 is 24.0 Å². The van der Waals surface area contributed by atoms with Crippen LogP contribution in [-0.2, 0) is 16.0 Å². The van der Waals surface area contributed by atoms with E-state index in [9.17, 15) is 9.59 Å². The third-order valence-corrected chi connectivity index (χ3v) is 6.39. The van der Waals surface area contributed by atoms with Crippen molar-refractivity contribution in [2.24, 2.45) is 5.10 Å². The van der Waals surface area contributed by atoms with Crippen LogP contribution in [0.15, 0.2) is 94.4 Å². The topological polar surface area (TPSA) is 92.9 Å². The molecule has 2 amide bonds. The van der Waals surface area contributed by atoms with E-state index in [1.165, 1.54) is 12.3 Å². The highest BCUT2D eigenvalue weighted by Gasteiger charge is 2.25. The smallest absolute Gasteiger partial charge is 0.262 e. The number of carbonyl (C=O) groups excluding carboxylic acids is 2. The minimum atomic E-state index is -0.937. The number of ether oxygens (including phenoxy) is 1. The van der Waals surface area contributed by atoms with Gasteiger partial charge in [-0.15, -0.1) is 0 Å². The van der Waals surface area contributed by atoms with Gasteiger partial charge >= 0.3 is 0 Å². The van der Waals surface area contributed by atoms with Crippen molar-refractivity contribution in [3.63, 3.8) is 0 Å². The number of nitrogens with zero attached hydrogens (tertiary/aromatic N) is 1. The standard InChI is InChI=1S/C29H24Cl3N3O4/c1-18(38-27-13-11-22(31)16-24(27)32)28(36)34-25(15-19-5-3-2-4-6-19)29(37)35-33-17-23-12-14-26(39-23)20-7-9-21(30)10-8-20/h2-14,16-18,25H,15H2,1H3,(H,34,36)(H,35,37)/b33-17-/t18-,25+/m1/s1. The van der Waals surface area contributed by atoms with Gasteiger partial charge in [-0.25, -0.2) is 5.43 Å². The number of rotatable bonds is 10. The molecule has 2 N–H and O–H groups in total. The van der Waals surface area contributed by atoms with E-state index in [0.717, 1.165) is 11.1 Å². The fourth-order valence-electron chi connectivity index (χ4n) is 3.59. The predicted molar refractivity (Wildman–Crippen MR) is 154 cm³/mol. The van der Waals surface area contributed by atoms with Gasteiger partial charge in [0.25, 0.3) is 11.8 Å². The Balaban J connectivity index is 1.41. The zero-order valence-electron chi connectivity index (χ0n) is 20.7. The van der Waals surface area contributed by atoms with Crippen molar-refractivity contribution in [1.82, 2.24) is 10.7 Å². The fourth-order valence-corrected chi connectivity index (χ4v) is 4.17. The zero-order chi connectivity index (χ0) is 27.8. The molecule has 0 aliphatic heterocycles. The van der Waals surface area contributed by atoms with Crippen LogP contribution >= 0.6 is 34.8 Å². The number of carbonyl (C=O) groups is 2. The summed E-state index contributed by atoms with van der Waals surface area (Å²) in [5, 5.41) is 8.10. The number of furan rings is 1. The van der Waals surface area contributed by atoms with Crippen LogP contribution in [0.2, 0.25) is 15.1 Å². The summed E-state index contributed by atoms with van der Waals surface area (Å²) in [6, 6.07) is 23.8. The Morgan fingerprint density at radius 3 is 2.36 bits per heavy atom. The van der Waals surface area contributed by atoms with Gasteiger partial charge in [-0.2, -0.15) is 5.10 Å². The second-order valence-corrected chi connectivity index (χ2v) is 9.81. The molecule has 39 heavy (non-hydrogen) atoms. The van der Waals surface area contributed by atoms with Crippen molar-refractivity contribution in [2.75, 3.05) is 0 Å². The maximum atomic E-state index is 13.0. The lowest BCUT2D eigenvalue weighted by Crippen LogP contribution is -2.50. The van der Waals surface area contributed by atoms with Crippen LogP contribution < -0.4 is 15.5 Å². The van der Waals surface area contributed by atoms with Crippen molar-refractivity contribution < 1.29 is 18.7 Å². The van der Waals surface area contributed by atoms with Crippen LogP contribution in [-0.4, -0.2) is 30.2 Å². The molecule has 0 bridgehead atoms. The van der Waals surface area contributed by atoms with Gasteiger partial charge in [-0.3, -0.25) is 9.59 Å². The number of benzene rings is 3. The third kappa shape index (κ3) is 8.10. The van der Waals surface area contributed by atoms with Crippen LogP contribution in [0, 0.1) is 0 Å². The minimum Gasteiger partial charge on any atom is -0.479 e. The molecule has 10 heteroatoms. The first-order chi connectivity index (χ1) is 18.8. The lowest BCUT2D eigenvalue weighted by atomic mass is 10.1. The molecule has 7 nitrogen and oxygen atoms in total. The quantitative estimate of drug-likeness (QED) is 0.163. The molecular weight excluding hydrogens is 561 g/mol. The van der Waals surface area contributed by atoms with E-state index in [-0.39, 0.29) is 11.4 Å². The Hall–Kier alpha value is -3.78. The Labute approximate surface area is 240 Å². The molecule has 0 radical (unpaired) electrons. The maximum Gasteiger partial charge on any atom is 0.262 e. The molecule has 0 aliphatic carbocycles. The number of nitrogens with one attached hydrogen (secondary N) is 2. The fraction of sp³-hybridized carbons (Fsp3) is 0.138. The molecule has 200 valence electrons. The lowest BCUT2D eigenvalue weighted by molar-refractivity contribution is -0.132. The second kappa shape index (κ2) is 13.3. The first-order valence-corrected chi connectivity index (χ1v) is 13.1. The Morgan fingerprint density at radius 1 is 0.923 bits per heavy atom. The lowest BCUT2D eigenvalue weighted by Gasteiger charge is -2.21. The number of hydrogen-bond donors (Lipinski definition) is 2. The molecule has 0 spiro atoms. The van der Waals surface area contributed by atoms with Crippen molar-refractivity contribution in [1.29, 1.82) is 0 Å². The molecule has 1 aromatic heterocycles. The van der Waals surface area contributed by atoms with Gasteiger partial charge in [-0.1, -0.05) is 65.1 Å². The van der Waals surface area contributed by atoms with Crippen LogP contribution in [0.25, 0.3) is 11.3 Å².